The summed E-state index contributed by atoms with van der Waals surface area (Å²) in [6.07, 6.45) is 11.3. The van der Waals surface area contributed by atoms with E-state index >= 15 is 0 Å². The monoisotopic (exact) mass is 238 g/mol. The van der Waals surface area contributed by atoms with E-state index in [-0.39, 0.29) is 0 Å². The zero-order valence-electron chi connectivity index (χ0n) is 11.8. The van der Waals surface area contributed by atoms with Gasteiger partial charge in [-0.3, -0.25) is 0 Å². The fraction of sp³-hybridized carbons (Fsp3) is 1.00. The lowest BCUT2D eigenvalue weighted by atomic mass is 9.87. The lowest BCUT2D eigenvalue weighted by Crippen LogP contribution is -2.40. The molecule has 0 spiro atoms. The van der Waals surface area contributed by atoms with Gasteiger partial charge >= 0.3 is 0 Å². The molecular formula is C15H30N2. The predicted octanol–water partition coefficient (Wildman–Crippen LogP) is 3.03. The highest BCUT2D eigenvalue weighted by Crippen LogP contribution is 2.23. The Kier molecular flexibility index (Phi) is 5.30. The summed E-state index contributed by atoms with van der Waals surface area (Å²) in [5.41, 5.74) is 0. The van der Waals surface area contributed by atoms with E-state index < -0.39 is 0 Å². The van der Waals surface area contributed by atoms with Gasteiger partial charge in [0.15, 0.2) is 0 Å². The highest BCUT2D eigenvalue weighted by atomic mass is 15.1. The third-order valence-electron chi connectivity index (χ3n) is 4.77. The molecule has 0 amide bonds. The van der Waals surface area contributed by atoms with E-state index in [0.717, 1.165) is 18.0 Å². The number of hydrogen-bond donors (Lipinski definition) is 1. The Balaban J connectivity index is 1.61. The van der Waals surface area contributed by atoms with E-state index in [0.29, 0.717) is 0 Å². The molecule has 1 saturated carbocycles. The molecule has 2 aliphatic rings. The maximum absolute atomic E-state index is 3.79. The summed E-state index contributed by atoms with van der Waals surface area (Å²) < 4.78 is 0. The van der Waals surface area contributed by atoms with E-state index in [9.17, 15) is 0 Å². The molecule has 2 fully saturated rings. The molecule has 1 saturated heterocycles. The van der Waals surface area contributed by atoms with Crippen LogP contribution in [0.2, 0.25) is 0 Å². The van der Waals surface area contributed by atoms with Gasteiger partial charge in [-0.2, -0.15) is 0 Å². The van der Waals surface area contributed by atoms with Crippen molar-refractivity contribution in [3.63, 3.8) is 0 Å². The molecule has 0 aromatic heterocycles. The van der Waals surface area contributed by atoms with Gasteiger partial charge in [-0.1, -0.05) is 26.2 Å². The highest BCUT2D eigenvalue weighted by Gasteiger charge is 2.20. The summed E-state index contributed by atoms with van der Waals surface area (Å²) in [6.45, 7) is 4.94. The van der Waals surface area contributed by atoms with Gasteiger partial charge in [-0.25, -0.2) is 0 Å². The quantitative estimate of drug-likeness (QED) is 0.810. The van der Waals surface area contributed by atoms with Crippen molar-refractivity contribution in [2.24, 2.45) is 5.92 Å². The molecule has 0 aromatic carbocycles. The number of nitrogens with one attached hydrogen (secondary N) is 1. The molecule has 3 atom stereocenters. The lowest BCUT2D eigenvalue weighted by Gasteiger charge is -2.33. The molecular weight excluding hydrogens is 208 g/mol. The Labute approximate surface area is 107 Å². The zero-order valence-corrected chi connectivity index (χ0v) is 11.8. The second kappa shape index (κ2) is 6.75. The first-order valence-electron chi connectivity index (χ1n) is 7.69. The Morgan fingerprint density at radius 3 is 2.76 bits per heavy atom. The van der Waals surface area contributed by atoms with Crippen LogP contribution < -0.4 is 5.32 Å². The Bertz CT molecular complexity index is 217. The molecule has 1 aliphatic heterocycles. The van der Waals surface area contributed by atoms with Crippen molar-refractivity contribution in [2.45, 2.75) is 70.4 Å². The molecule has 3 unspecified atom stereocenters. The Morgan fingerprint density at radius 1 is 1.12 bits per heavy atom. The van der Waals surface area contributed by atoms with Crippen molar-refractivity contribution in [1.29, 1.82) is 0 Å². The Hall–Kier alpha value is -0.0800. The second-order valence-corrected chi connectivity index (χ2v) is 6.34. The maximum Gasteiger partial charge on any atom is 0.0104 e. The van der Waals surface area contributed by atoms with Crippen molar-refractivity contribution in [3.8, 4) is 0 Å². The van der Waals surface area contributed by atoms with Gasteiger partial charge in [0, 0.05) is 12.1 Å². The minimum Gasteiger partial charge on any atom is -0.314 e. The summed E-state index contributed by atoms with van der Waals surface area (Å²) in [7, 11) is 2.30. The number of piperidine rings is 1. The van der Waals surface area contributed by atoms with E-state index in [2.05, 4.69) is 24.2 Å². The molecule has 1 aliphatic carbocycles. The number of hydrogen-bond acceptors (Lipinski definition) is 2. The molecule has 0 radical (unpaired) electrons. The lowest BCUT2D eigenvalue weighted by molar-refractivity contribution is 0.172. The van der Waals surface area contributed by atoms with Crippen LogP contribution in [0.4, 0.5) is 0 Å². The topological polar surface area (TPSA) is 15.3 Å². The van der Waals surface area contributed by atoms with Crippen LogP contribution in [0.15, 0.2) is 0 Å². The fourth-order valence-electron chi connectivity index (χ4n) is 3.58. The number of likely N-dealkylation sites (tertiary alicyclic amines) is 1. The normalized spacial score (nSPS) is 36.0. The van der Waals surface area contributed by atoms with Crippen LogP contribution in [0.25, 0.3) is 0 Å². The molecule has 0 bridgehead atoms. The van der Waals surface area contributed by atoms with Gasteiger partial charge in [0.2, 0.25) is 0 Å². The van der Waals surface area contributed by atoms with Gasteiger partial charge in [0.25, 0.3) is 0 Å². The van der Waals surface area contributed by atoms with Gasteiger partial charge in [0.1, 0.15) is 0 Å². The summed E-state index contributed by atoms with van der Waals surface area (Å²) >= 11 is 0. The summed E-state index contributed by atoms with van der Waals surface area (Å²) in [5.74, 6) is 0.943. The van der Waals surface area contributed by atoms with Crippen LogP contribution in [0.5, 0.6) is 0 Å². The average Bonchev–Trinajstić information content (AvgIpc) is 2.32. The summed E-state index contributed by atoms with van der Waals surface area (Å²) in [4.78, 5) is 2.56. The fourth-order valence-corrected chi connectivity index (χ4v) is 3.58. The molecule has 2 nitrogen and oxygen atoms in total. The van der Waals surface area contributed by atoms with Crippen molar-refractivity contribution >= 4 is 0 Å². The predicted molar refractivity (Wildman–Crippen MR) is 74.3 cm³/mol. The molecule has 0 aromatic rings. The Morgan fingerprint density at radius 2 is 2.00 bits per heavy atom. The second-order valence-electron chi connectivity index (χ2n) is 6.34. The van der Waals surface area contributed by atoms with Gasteiger partial charge in [-0.05, 0) is 58.2 Å². The SMILES string of the molecule is CC1CCCC(NCCC2CCCCN2C)C1. The molecule has 17 heavy (non-hydrogen) atoms. The molecule has 1 N–H and O–H groups in total. The van der Waals surface area contributed by atoms with Gasteiger partial charge in [0.05, 0.1) is 0 Å². The smallest absolute Gasteiger partial charge is 0.0104 e. The first kappa shape index (κ1) is 13.4. The minimum atomic E-state index is 0.813. The standard InChI is InChI=1S/C15H30N2/c1-13-6-5-7-14(12-13)16-10-9-15-8-3-4-11-17(15)2/h13-16H,3-12H2,1-2H3. The van der Waals surface area contributed by atoms with E-state index in [1.807, 2.05) is 0 Å². The number of rotatable bonds is 4. The van der Waals surface area contributed by atoms with Crippen LogP contribution in [0.3, 0.4) is 0 Å². The van der Waals surface area contributed by atoms with Crippen LogP contribution >= 0.6 is 0 Å². The van der Waals surface area contributed by atoms with Crippen molar-refractivity contribution in [2.75, 3.05) is 20.1 Å². The maximum atomic E-state index is 3.79. The van der Waals surface area contributed by atoms with Gasteiger partial charge in [-0.15, -0.1) is 0 Å². The van der Waals surface area contributed by atoms with Crippen LogP contribution in [-0.4, -0.2) is 37.1 Å². The first-order chi connectivity index (χ1) is 8.25. The molecule has 100 valence electrons. The van der Waals surface area contributed by atoms with E-state index in [1.165, 1.54) is 64.5 Å². The van der Waals surface area contributed by atoms with Crippen molar-refractivity contribution in [3.05, 3.63) is 0 Å². The van der Waals surface area contributed by atoms with Crippen LogP contribution in [0.1, 0.15) is 58.3 Å². The van der Waals surface area contributed by atoms with Crippen molar-refractivity contribution in [1.82, 2.24) is 10.2 Å². The minimum absolute atomic E-state index is 0.813. The zero-order chi connectivity index (χ0) is 12.1. The average molecular weight is 238 g/mol. The number of nitrogens with zero attached hydrogens (tertiary/aromatic N) is 1. The first-order valence-corrected chi connectivity index (χ1v) is 7.69. The van der Waals surface area contributed by atoms with Crippen LogP contribution in [-0.2, 0) is 0 Å². The molecule has 2 heteroatoms. The highest BCUT2D eigenvalue weighted by molar-refractivity contribution is 4.79. The third kappa shape index (κ3) is 4.26. The van der Waals surface area contributed by atoms with Crippen molar-refractivity contribution < 1.29 is 0 Å². The third-order valence-corrected chi connectivity index (χ3v) is 4.77. The van der Waals surface area contributed by atoms with E-state index in [4.69, 9.17) is 0 Å². The largest absolute Gasteiger partial charge is 0.314 e. The van der Waals surface area contributed by atoms with Gasteiger partial charge < -0.3 is 10.2 Å². The van der Waals surface area contributed by atoms with E-state index in [1.54, 1.807) is 0 Å². The summed E-state index contributed by atoms with van der Waals surface area (Å²) in [6, 6.07) is 1.66. The summed E-state index contributed by atoms with van der Waals surface area (Å²) in [5, 5.41) is 3.79. The molecule has 1 heterocycles. The van der Waals surface area contributed by atoms with Crippen LogP contribution in [0, 0.1) is 5.92 Å². The molecule has 2 rings (SSSR count).